The van der Waals surface area contributed by atoms with Crippen molar-refractivity contribution >= 4 is 34.5 Å². The summed E-state index contributed by atoms with van der Waals surface area (Å²) in [6.45, 7) is 3.56. The predicted molar refractivity (Wildman–Crippen MR) is 72.2 cm³/mol. The first kappa shape index (κ1) is 13.6. The lowest BCUT2D eigenvalue weighted by Crippen LogP contribution is -2.33. The molecule has 0 bridgehead atoms. The van der Waals surface area contributed by atoms with Gasteiger partial charge in [-0.3, -0.25) is 4.79 Å². The average Bonchev–Trinajstić information content (AvgIpc) is 2.53. The molecule has 0 radical (unpaired) electrons. The Morgan fingerprint density at radius 3 is 2.74 bits per heavy atom. The summed E-state index contributed by atoms with van der Waals surface area (Å²) in [5.74, 6) is -0.853. The molecule has 1 amide bonds. The van der Waals surface area contributed by atoms with Gasteiger partial charge in [0.25, 0.3) is 0 Å². The second-order valence-electron chi connectivity index (χ2n) is 5.02. The zero-order valence-electron chi connectivity index (χ0n) is 10.6. The average molecular weight is 285 g/mol. The van der Waals surface area contributed by atoms with Gasteiger partial charge in [0.15, 0.2) is 0 Å². The Balaban J connectivity index is 2.69. The van der Waals surface area contributed by atoms with Crippen molar-refractivity contribution in [2.24, 2.45) is 5.73 Å². The summed E-state index contributed by atoms with van der Waals surface area (Å²) in [6.07, 6.45) is 0.0624. The Hall–Kier alpha value is -1.82. The summed E-state index contributed by atoms with van der Waals surface area (Å²) in [6, 6.07) is 2.66. The second kappa shape index (κ2) is 4.38. The molecule has 0 unspecified atom stereocenters. The van der Waals surface area contributed by atoms with Gasteiger partial charge in [0.05, 0.1) is 21.6 Å². The third-order valence-corrected chi connectivity index (χ3v) is 3.22. The lowest BCUT2D eigenvalue weighted by atomic mass is 9.99. The number of primary amides is 1. The Morgan fingerprint density at radius 2 is 2.16 bits per heavy atom. The quantitative estimate of drug-likeness (QED) is 0.904. The summed E-state index contributed by atoms with van der Waals surface area (Å²) in [7, 11) is 0. The minimum Gasteiger partial charge on any atom is -0.370 e. The van der Waals surface area contributed by atoms with E-state index in [-0.39, 0.29) is 17.4 Å². The fraction of sp³-hybridized carbons (Fsp3) is 0.333. The largest absolute Gasteiger partial charge is 0.370 e. The van der Waals surface area contributed by atoms with Crippen molar-refractivity contribution in [3.8, 4) is 0 Å². The number of rotatable bonds is 3. The number of imidazole rings is 1. The van der Waals surface area contributed by atoms with Crippen LogP contribution in [0.15, 0.2) is 12.1 Å². The van der Waals surface area contributed by atoms with E-state index < -0.39 is 17.3 Å². The number of nitrogens with zero attached hydrogens (tertiary/aromatic N) is 2. The number of nitrogens with two attached hydrogens (primary N) is 2. The van der Waals surface area contributed by atoms with E-state index in [1.165, 1.54) is 12.1 Å². The van der Waals surface area contributed by atoms with Crippen molar-refractivity contribution in [1.29, 1.82) is 0 Å². The molecule has 0 saturated heterocycles. The van der Waals surface area contributed by atoms with Gasteiger partial charge in [-0.2, -0.15) is 0 Å². The van der Waals surface area contributed by atoms with Crippen molar-refractivity contribution < 1.29 is 9.18 Å². The maximum atomic E-state index is 13.6. The number of carbonyl (C=O) groups is 1. The minimum atomic E-state index is -0.703. The van der Waals surface area contributed by atoms with Crippen LogP contribution in [0.5, 0.6) is 0 Å². The van der Waals surface area contributed by atoms with Gasteiger partial charge in [-0.05, 0) is 19.9 Å². The van der Waals surface area contributed by atoms with Crippen LogP contribution in [0, 0.1) is 5.82 Å². The lowest BCUT2D eigenvalue weighted by molar-refractivity contribution is -0.119. The molecule has 1 aromatic carbocycles. The first-order chi connectivity index (χ1) is 8.72. The smallest absolute Gasteiger partial charge is 0.219 e. The Kier molecular flexibility index (Phi) is 3.14. The van der Waals surface area contributed by atoms with E-state index in [1.54, 1.807) is 18.4 Å². The number of halogens is 2. The molecule has 0 aliphatic rings. The minimum absolute atomic E-state index is 0.0233. The Labute approximate surface area is 114 Å². The van der Waals surface area contributed by atoms with E-state index >= 15 is 0 Å². The summed E-state index contributed by atoms with van der Waals surface area (Å²) in [4.78, 5) is 15.3. The number of hydrogen-bond acceptors (Lipinski definition) is 3. The monoisotopic (exact) mass is 284 g/mol. The van der Waals surface area contributed by atoms with Gasteiger partial charge in [-0.15, -0.1) is 0 Å². The summed E-state index contributed by atoms with van der Waals surface area (Å²) < 4.78 is 15.2. The van der Waals surface area contributed by atoms with Crippen LogP contribution >= 0.6 is 11.6 Å². The van der Waals surface area contributed by atoms with Crippen LogP contribution in [0.1, 0.15) is 20.3 Å². The second-order valence-corrected chi connectivity index (χ2v) is 5.42. The van der Waals surface area contributed by atoms with E-state index in [2.05, 4.69) is 4.98 Å². The molecule has 0 saturated carbocycles. The van der Waals surface area contributed by atoms with Crippen molar-refractivity contribution in [3.05, 3.63) is 23.0 Å². The van der Waals surface area contributed by atoms with Crippen LogP contribution in [0.4, 0.5) is 10.3 Å². The van der Waals surface area contributed by atoms with Crippen LogP contribution < -0.4 is 11.5 Å². The molecule has 1 aromatic heterocycles. The molecule has 1 heterocycles. The highest BCUT2D eigenvalue weighted by molar-refractivity contribution is 6.31. The number of hydrogen-bond donors (Lipinski definition) is 2. The summed E-state index contributed by atoms with van der Waals surface area (Å²) in [5, 5.41) is -0.0233. The normalized spacial score (nSPS) is 12.0. The first-order valence-electron chi connectivity index (χ1n) is 5.64. The highest BCUT2D eigenvalue weighted by Gasteiger charge is 2.27. The molecule has 0 fully saturated rings. The molecule has 102 valence electrons. The van der Waals surface area contributed by atoms with Crippen LogP contribution in [-0.4, -0.2) is 15.5 Å². The SMILES string of the molecule is CC(C)(CC(N)=O)n1c(N)nc2cc(Cl)c(F)cc21. The molecule has 0 aliphatic carbocycles. The third-order valence-electron chi connectivity index (χ3n) is 2.93. The first-order valence-corrected chi connectivity index (χ1v) is 6.02. The van der Waals surface area contributed by atoms with Crippen LogP contribution in [0.2, 0.25) is 5.02 Å². The van der Waals surface area contributed by atoms with Crippen LogP contribution in [-0.2, 0) is 10.3 Å². The maximum Gasteiger partial charge on any atom is 0.219 e. The predicted octanol–water partition coefficient (Wildman–Crippen LogP) is 2.02. The van der Waals surface area contributed by atoms with Gasteiger partial charge >= 0.3 is 0 Å². The summed E-state index contributed by atoms with van der Waals surface area (Å²) in [5.41, 5.74) is 11.3. The summed E-state index contributed by atoms with van der Waals surface area (Å²) >= 11 is 5.71. The number of aromatic nitrogens is 2. The molecule has 2 rings (SSSR count). The van der Waals surface area contributed by atoms with E-state index in [0.717, 1.165) is 0 Å². The number of fused-ring (bicyclic) bond motifs is 1. The van der Waals surface area contributed by atoms with Gasteiger partial charge < -0.3 is 16.0 Å². The molecular formula is C12H14ClFN4O. The highest BCUT2D eigenvalue weighted by Crippen LogP contribution is 2.31. The number of amides is 1. The topological polar surface area (TPSA) is 86.9 Å². The van der Waals surface area contributed by atoms with E-state index in [1.807, 2.05) is 0 Å². The molecule has 0 atom stereocenters. The van der Waals surface area contributed by atoms with Gasteiger partial charge in [-0.1, -0.05) is 11.6 Å². The fourth-order valence-electron chi connectivity index (χ4n) is 2.23. The molecule has 19 heavy (non-hydrogen) atoms. The molecule has 0 spiro atoms. The fourth-order valence-corrected chi connectivity index (χ4v) is 2.39. The standard InChI is InChI=1S/C12H14ClFN4O/c1-12(2,5-10(15)19)18-9-4-7(14)6(13)3-8(9)17-11(18)16/h3-4H,5H2,1-2H3,(H2,15,19)(H2,16,17). The molecule has 0 aliphatic heterocycles. The lowest BCUT2D eigenvalue weighted by Gasteiger charge is -2.27. The van der Waals surface area contributed by atoms with Gasteiger partial charge in [0.2, 0.25) is 11.9 Å². The van der Waals surface area contributed by atoms with Crippen molar-refractivity contribution in [1.82, 2.24) is 9.55 Å². The third kappa shape index (κ3) is 2.35. The van der Waals surface area contributed by atoms with Gasteiger partial charge in [0.1, 0.15) is 5.82 Å². The van der Waals surface area contributed by atoms with E-state index in [9.17, 15) is 9.18 Å². The van der Waals surface area contributed by atoms with Crippen molar-refractivity contribution in [3.63, 3.8) is 0 Å². The van der Waals surface area contributed by atoms with E-state index in [0.29, 0.717) is 11.0 Å². The molecular weight excluding hydrogens is 271 g/mol. The molecule has 2 aromatic rings. The van der Waals surface area contributed by atoms with E-state index in [4.69, 9.17) is 23.1 Å². The number of carbonyl (C=O) groups excluding carboxylic acids is 1. The number of benzene rings is 1. The van der Waals surface area contributed by atoms with Gasteiger partial charge in [-0.25, -0.2) is 9.37 Å². The van der Waals surface area contributed by atoms with Crippen LogP contribution in [0.25, 0.3) is 11.0 Å². The van der Waals surface area contributed by atoms with Crippen molar-refractivity contribution in [2.45, 2.75) is 25.8 Å². The zero-order chi connectivity index (χ0) is 14.4. The van der Waals surface area contributed by atoms with Crippen LogP contribution in [0.3, 0.4) is 0 Å². The van der Waals surface area contributed by atoms with Crippen molar-refractivity contribution in [2.75, 3.05) is 5.73 Å². The molecule has 5 nitrogen and oxygen atoms in total. The number of nitrogen functional groups attached to an aromatic ring is 1. The Morgan fingerprint density at radius 1 is 1.53 bits per heavy atom. The molecule has 7 heteroatoms. The molecule has 4 N–H and O–H groups in total. The van der Waals surface area contributed by atoms with Gasteiger partial charge in [0, 0.05) is 12.5 Å². The number of anilines is 1. The maximum absolute atomic E-state index is 13.6. The Bertz CT molecular complexity index is 665. The highest BCUT2D eigenvalue weighted by atomic mass is 35.5. The zero-order valence-corrected chi connectivity index (χ0v) is 11.3.